The highest BCUT2D eigenvalue weighted by Gasteiger charge is 2.14. The van der Waals surface area contributed by atoms with E-state index in [-0.39, 0.29) is 0 Å². The third kappa shape index (κ3) is 4.88. The fourth-order valence-electron chi connectivity index (χ4n) is 1.95. The predicted molar refractivity (Wildman–Crippen MR) is 78.8 cm³/mol. The molecule has 0 spiro atoms. The van der Waals surface area contributed by atoms with Gasteiger partial charge in [-0.3, -0.25) is 9.11 Å². The summed E-state index contributed by atoms with van der Waals surface area (Å²) in [5.74, 6) is 1.63. The molecule has 0 radical (unpaired) electrons. The molecule has 1 aromatic carbocycles. The van der Waals surface area contributed by atoms with E-state index in [1.165, 1.54) is 11.1 Å². The van der Waals surface area contributed by atoms with Crippen LogP contribution in [0.25, 0.3) is 0 Å². The van der Waals surface area contributed by atoms with Crippen molar-refractivity contribution in [1.29, 1.82) is 0 Å². The zero-order valence-corrected chi connectivity index (χ0v) is 12.2. The van der Waals surface area contributed by atoms with E-state index in [9.17, 15) is 4.21 Å². The third-order valence-corrected chi connectivity index (χ3v) is 4.18. The molecule has 1 heterocycles. The van der Waals surface area contributed by atoms with Gasteiger partial charge in [0, 0.05) is 48.5 Å². The van der Waals surface area contributed by atoms with Gasteiger partial charge >= 0.3 is 0 Å². The summed E-state index contributed by atoms with van der Waals surface area (Å²) in [6.07, 6.45) is 0. The average Bonchev–Trinajstić information content (AvgIpc) is 2.44. The molecule has 1 aromatic rings. The first-order valence-corrected chi connectivity index (χ1v) is 8.12. The van der Waals surface area contributed by atoms with Gasteiger partial charge in [0.1, 0.15) is 0 Å². The fourth-order valence-corrected chi connectivity index (χ4v) is 3.07. The average molecular weight is 268 g/mol. The molecule has 1 saturated heterocycles. The first-order valence-electron chi connectivity index (χ1n) is 6.63. The second-order valence-electron chi connectivity index (χ2n) is 4.15. The maximum absolute atomic E-state index is 11.2. The molecule has 0 saturated carbocycles. The number of benzene rings is 1. The van der Waals surface area contributed by atoms with Crippen LogP contribution in [0.2, 0.25) is 0 Å². The van der Waals surface area contributed by atoms with E-state index in [1.54, 1.807) is 0 Å². The van der Waals surface area contributed by atoms with Crippen molar-refractivity contribution in [2.24, 2.45) is 5.73 Å². The Bertz CT molecular complexity index is 372. The van der Waals surface area contributed by atoms with Crippen LogP contribution in [0.15, 0.2) is 24.3 Å². The second-order valence-corrected chi connectivity index (χ2v) is 5.84. The van der Waals surface area contributed by atoms with Gasteiger partial charge in [-0.15, -0.1) is 0 Å². The largest absolute Gasteiger partial charge is 0.326 e. The zero-order chi connectivity index (χ0) is 13.4. The van der Waals surface area contributed by atoms with E-state index in [4.69, 9.17) is 5.73 Å². The van der Waals surface area contributed by atoms with E-state index < -0.39 is 10.8 Å². The number of nitrogens with zero attached hydrogens (tertiary/aromatic N) is 1. The van der Waals surface area contributed by atoms with Gasteiger partial charge in [0.15, 0.2) is 0 Å². The van der Waals surface area contributed by atoms with Crippen molar-refractivity contribution in [2.45, 2.75) is 26.9 Å². The molecule has 1 fully saturated rings. The van der Waals surface area contributed by atoms with Crippen molar-refractivity contribution in [3.8, 4) is 0 Å². The number of rotatable bonds is 3. The lowest BCUT2D eigenvalue weighted by Crippen LogP contribution is -2.37. The summed E-state index contributed by atoms with van der Waals surface area (Å²) in [5.41, 5.74) is 8.10. The highest BCUT2D eigenvalue weighted by molar-refractivity contribution is 7.85. The molecule has 2 rings (SSSR count). The SMILES string of the molecule is CC.NCc1cccc(CN2CCS(=O)CC2)c1. The first-order chi connectivity index (χ1) is 8.78. The summed E-state index contributed by atoms with van der Waals surface area (Å²) in [6, 6.07) is 8.39. The Morgan fingerprint density at radius 3 is 2.44 bits per heavy atom. The van der Waals surface area contributed by atoms with Gasteiger partial charge in [0.25, 0.3) is 0 Å². The fraction of sp³-hybridized carbons (Fsp3) is 0.571. The summed E-state index contributed by atoms with van der Waals surface area (Å²) >= 11 is 0. The predicted octanol–water partition coefficient (Wildman–Crippen LogP) is 1.74. The van der Waals surface area contributed by atoms with Crippen molar-refractivity contribution in [1.82, 2.24) is 4.90 Å². The topological polar surface area (TPSA) is 46.3 Å². The van der Waals surface area contributed by atoms with Crippen LogP contribution in [0.4, 0.5) is 0 Å². The Morgan fingerprint density at radius 2 is 1.83 bits per heavy atom. The Balaban J connectivity index is 0.000000771. The third-order valence-electron chi connectivity index (χ3n) is 2.90. The van der Waals surface area contributed by atoms with Crippen LogP contribution in [0.1, 0.15) is 25.0 Å². The zero-order valence-electron chi connectivity index (χ0n) is 11.4. The lowest BCUT2D eigenvalue weighted by molar-refractivity contribution is 0.291. The monoisotopic (exact) mass is 268 g/mol. The molecule has 2 N–H and O–H groups in total. The van der Waals surface area contributed by atoms with Crippen LogP contribution >= 0.6 is 0 Å². The molecule has 3 nitrogen and oxygen atoms in total. The molecule has 4 heteroatoms. The van der Waals surface area contributed by atoms with Gasteiger partial charge in [-0.1, -0.05) is 38.1 Å². The number of nitrogens with two attached hydrogens (primary N) is 1. The maximum Gasteiger partial charge on any atom is 0.0363 e. The Hall–Kier alpha value is -0.710. The molecule has 18 heavy (non-hydrogen) atoms. The number of hydrogen-bond acceptors (Lipinski definition) is 3. The lowest BCUT2D eigenvalue weighted by Gasteiger charge is -2.26. The van der Waals surface area contributed by atoms with E-state index in [2.05, 4.69) is 29.2 Å². The molecule has 102 valence electrons. The summed E-state index contributed by atoms with van der Waals surface area (Å²) in [7, 11) is -0.587. The van der Waals surface area contributed by atoms with E-state index in [0.29, 0.717) is 6.54 Å². The van der Waals surface area contributed by atoms with Gasteiger partial charge in [0.2, 0.25) is 0 Å². The summed E-state index contributed by atoms with van der Waals surface area (Å²) in [4.78, 5) is 2.36. The molecule has 0 aromatic heterocycles. The standard InChI is InChI=1S/C12H18N2OS.C2H6/c13-9-11-2-1-3-12(8-11)10-14-4-6-16(15)7-5-14;1-2/h1-3,8H,4-7,9-10,13H2;1-2H3. The molecular formula is C14H24N2OS. The van der Waals surface area contributed by atoms with Gasteiger partial charge in [-0.25, -0.2) is 0 Å². The molecular weight excluding hydrogens is 244 g/mol. The lowest BCUT2D eigenvalue weighted by atomic mass is 10.1. The van der Waals surface area contributed by atoms with E-state index in [0.717, 1.165) is 31.1 Å². The number of hydrogen-bond donors (Lipinski definition) is 1. The van der Waals surface area contributed by atoms with Crippen LogP contribution < -0.4 is 5.73 Å². The van der Waals surface area contributed by atoms with Crippen molar-refractivity contribution in [3.63, 3.8) is 0 Å². The maximum atomic E-state index is 11.2. The van der Waals surface area contributed by atoms with Gasteiger partial charge < -0.3 is 5.73 Å². The molecule has 0 unspecified atom stereocenters. The summed E-state index contributed by atoms with van der Waals surface area (Å²) in [5, 5.41) is 0. The van der Waals surface area contributed by atoms with Gasteiger partial charge in [-0.05, 0) is 11.1 Å². The van der Waals surface area contributed by atoms with E-state index in [1.807, 2.05) is 13.8 Å². The smallest absolute Gasteiger partial charge is 0.0363 e. The minimum absolute atomic E-state index is 0.587. The molecule has 1 aliphatic rings. The molecule has 1 aliphatic heterocycles. The van der Waals surface area contributed by atoms with Crippen molar-refractivity contribution in [2.75, 3.05) is 24.6 Å². The Labute approximate surface area is 113 Å². The van der Waals surface area contributed by atoms with Crippen LogP contribution in [-0.4, -0.2) is 33.7 Å². The van der Waals surface area contributed by atoms with Crippen LogP contribution in [0.3, 0.4) is 0 Å². The first kappa shape index (κ1) is 15.3. The molecule has 0 atom stereocenters. The Kier molecular flexibility index (Phi) is 7.16. The molecule has 0 amide bonds. The summed E-state index contributed by atoms with van der Waals surface area (Å²) in [6.45, 7) is 7.43. The normalized spacial score (nSPS) is 17.1. The van der Waals surface area contributed by atoms with E-state index >= 15 is 0 Å². The Morgan fingerprint density at radius 1 is 1.22 bits per heavy atom. The quantitative estimate of drug-likeness (QED) is 0.908. The highest BCUT2D eigenvalue weighted by atomic mass is 32.2. The highest BCUT2D eigenvalue weighted by Crippen LogP contribution is 2.10. The van der Waals surface area contributed by atoms with Crippen molar-refractivity contribution >= 4 is 10.8 Å². The van der Waals surface area contributed by atoms with Crippen LogP contribution in [0, 0.1) is 0 Å². The summed E-state index contributed by atoms with van der Waals surface area (Å²) < 4.78 is 11.2. The second kappa shape index (κ2) is 8.40. The van der Waals surface area contributed by atoms with Gasteiger partial charge in [0.05, 0.1) is 0 Å². The van der Waals surface area contributed by atoms with Crippen molar-refractivity contribution in [3.05, 3.63) is 35.4 Å². The molecule has 0 bridgehead atoms. The van der Waals surface area contributed by atoms with Gasteiger partial charge in [-0.2, -0.15) is 0 Å². The van der Waals surface area contributed by atoms with Crippen LogP contribution in [-0.2, 0) is 23.9 Å². The minimum atomic E-state index is -0.587. The minimum Gasteiger partial charge on any atom is -0.326 e. The van der Waals surface area contributed by atoms with Crippen molar-refractivity contribution < 1.29 is 4.21 Å². The molecule has 0 aliphatic carbocycles. The van der Waals surface area contributed by atoms with Crippen LogP contribution in [0.5, 0.6) is 0 Å².